The van der Waals surface area contributed by atoms with E-state index in [9.17, 15) is 107 Å². The molecule has 47 nitrogen and oxygen atoms in total. The van der Waals surface area contributed by atoms with Gasteiger partial charge in [-0.3, -0.25) is 95.9 Å². The lowest BCUT2D eigenvalue weighted by molar-refractivity contribution is -0.146. The second-order valence-corrected chi connectivity index (χ2v) is 36.9. The van der Waals surface area contributed by atoms with Crippen LogP contribution < -0.4 is 97.0 Å². The minimum absolute atomic E-state index is 0.122. The van der Waals surface area contributed by atoms with E-state index in [-0.39, 0.29) is 77.4 Å². The quantitative estimate of drug-likeness (QED) is 0.0185. The van der Waals surface area contributed by atoms with E-state index in [4.69, 9.17) is 22.3 Å². The summed E-state index contributed by atoms with van der Waals surface area (Å²) < 4.78 is 0. The first-order valence-electron chi connectivity index (χ1n) is 47.5. The Morgan fingerprint density at radius 2 is 0.829 bits per heavy atom. The highest BCUT2D eigenvalue weighted by atomic mass is 16.4. The van der Waals surface area contributed by atoms with Crippen LogP contribution in [0.2, 0.25) is 0 Å². The number of H-pyrrole nitrogens is 2. The highest BCUT2D eigenvalue weighted by Gasteiger charge is 2.45. The van der Waals surface area contributed by atoms with E-state index in [2.05, 4.69) is 89.7 Å². The third-order valence-corrected chi connectivity index (χ3v) is 24.5. The van der Waals surface area contributed by atoms with E-state index in [0.717, 1.165) is 13.8 Å². The van der Waals surface area contributed by atoms with Gasteiger partial charge in [0, 0.05) is 66.6 Å². The molecule has 0 bridgehead atoms. The Kier molecular flexibility index (Phi) is 46.3. The Morgan fingerprint density at radius 1 is 0.429 bits per heavy atom. The van der Waals surface area contributed by atoms with Gasteiger partial charge in [0.2, 0.25) is 106 Å². The molecule has 0 radical (unpaired) electrons. The van der Waals surface area contributed by atoms with Crippen LogP contribution in [0.1, 0.15) is 184 Å². The normalized spacial score (nSPS) is 17.3. The number of amides is 18. The number of carboxylic acids is 2. The van der Waals surface area contributed by atoms with Gasteiger partial charge in [-0.25, -0.2) is 0 Å². The number of aliphatic hydroxyl groups excluding tert-OH is 3. The summed E-state index contributed by atoms with van der Waals surface area (Å²) in [4.78, 5) is 287. The molecule has 0 aliphatic carbocycles. The van der Waals surface area contributed by atoms with Crippen LogP contribution in [0.3, 0.4) is 0 Å². The predicted octanol–water partition coefficient (Wildman–Crippen LogP) is -4.54. The number of carbonyl (C=O) groups excluding carboxylic acids is 18. The molecule has 2 aliphatic heterocycles. The van der Waals surface area contributed by atoms with E-state index < -0.39 is 290 Å². The van der Waals surface area contributed by atoms with Crippen molar-refractivity contribution in [2.75, 3.05) is 45.9 Å². The maximum absolute atomic E-state index is 15.1. The Hall–Kier alpha value is -13.3. The topological polar surface area (TPSA) is 739 Å². The number of unbranched alkanes of at least 4 members (excludes halogenated alkanes) is 1. The van der Waals surface area contributed by atoms with Crippen LogP contribution in [-0.4, -0.2) is 312 Å². The molecule has 0 spiro atoms. The number of aromatic amines is 2. The molecule has 2 aromatic carbocycles. The number of benzene rings is 2. The molecule has 140 heavy (non-hydrogen) atoms. The molecular weight excluding hydrogens is 1830 g/mol. The number of nitrogens with one attached hydrogen (secondary N) is 17. The first kappa shape index (κ1) is 115. The molecule has 4 heterocycles. The first-order valence-corrected chi connectivity index (χ1v) is 47.5. The summed E-state index contributed by atoms with van der Waals surface area (Å²) in [6.07, 6.45) is -0.865. The lowest BCUT2D eigenvalue weighted by Crippen LogP contribution is -2.63. The lowest BCUT2D eigenvalue weighted by Gasteiger charge is -2.31. The van der Waals surface area contributed by atoms with Crippen molar-refractivity contribution >= 4 is 140 Å². The van der Waals surface area contributed by atoms with Crippen molar-refractivity contribution in [3.8, 4) is 0 Å². The van der Waals surface area contributed by atoms with Crippen LogP contribution in [0.25, 0.3) is 21.8 Å². The zero-order chi connectivity index (χ0) is 104. The average molecular weight is 1970 g/mol. The van der Waals surface area contributed by atoms with Crippen molar-refractivity contribution < 1.29 is 121 Å². The predicted molar refractivity (Wildman–Crippen MR) is 508 cm³/mol. The summed E-state index contributed by atoms with van der Waals surface area (Å²) in [6.45, 7) is 16.4. The molecule has 47 heteroatoms. The van der Waals surface area contributed by atoms with Crippen LogP contribution in [0.4, 0.5) is 0 Å². The molecular formula is C93H142N22O25. The fraction of sp³-hybridized carbons (Fsp3) is 0.613. The van der Waals surface area contributed by atoms with Gasteiger partial charge >= 0.3 is 11.9 Å². The van der Waals surface area contributed by atoms with Crippen molar-refractivity contribution in [1.82, 2.24) is 99.5 Å². The molecule has 2 saturated heterocycles. The Bertz CT molecular complexity index is 5000. The van der Waals surface area contributed by atoms with Crippen molar-refractivity contribution in [3.63, 3.8) is 0 Å². The van der Waals surface area contributed by atoms with E-state index in [1.54, 1.807) is 116 Å². The van der Waals surface area contributed by atoms with E-state index in [1.165, 1.54) is 23.6 Å². The van der Waals surface area contributed by atoms with Gasteiger partial charge in [0.25, 0.3) is 0 Å². The van der Waals surface area contributed by atoms with Crippen LogP contribution in [0.5, 0.6) is 0 Å². The number of aliphatic hydroxyl groups is 3. The largest absolute Gasteiger partial charge is 0.481 e. The molecule has 0 saturated carbocycles. The zero-order valence-corrected chi connectivity index (χ0v) is 81.3. The van der Waals surface area contributed by atoms with Crippen molar-refractivity contribution in [2.45, 2.75) is 289 Å². The molecule has 2 fully saturated rings. The van der Waals surface area contributed by atoms with E-state index in [1.807, 2.05) is 0 Å². The van der Waals surface area contributed by atoms with Gasteiger partial charge in [-0.05, 0) is 137 Å². The number of fused-ring (bicyclic) bond motifs is 2. The second-order valence-electron chi connectivity index (χ2n) is 36.9. The number of rotatable bonds is 58. The van der Waals surface area contributed by atoms with Gasteiger partial charge in [-0.1, -0.05) is 118 Å². The monoisotopic (exact) mass is 1970 g/mol. The number of carboxylic acid groups (broad SMARTS) is 2. The molecule has 0 unspecified atom stereocenters. The van der Waals surface area contributed by atoms with Gasteiger partial charge in [-0.2, -0.15) is 0 Å². The maximum Gasteiger partial charge on any atom is 0.322 e. The molecule has 19 atom stereocenters. The Morgan fingerprint density at radius 3 is 1.29 bits per heavy atom. The number of primary amides is 1. The fourth-order valence-corrected chi connectivity index (χ4v) is 16.4. The zero-order valence-electron chi connectivity index (χ0n) is 81.3. The molecule has 2 aromatic heterocycles. The number of hydrogen-bond acceptors (Lipinski definition) is 25. The molecule has 28 N–H and O–H groups in total. The number of carbonyl (C=O) groups is 20. The molecule has 4 aromatic rings. The van der Waals surface area contributed by atoms with E-state index in [0.29, 0.717) is 65.2 Å². The van der Waals surface area contributed by atoms with Gasteiger partial charge in [-0.15, -0.1) is 0 Å². The van der Waals surface area contributed by atoms with Crippen LogP contribution in [0.15, 0.2) is 60.9 Å². The SMILES string of the molecule is CC[C@H](C)[C@H](NC(=O)[C@H](Cc1c[nH]c2ccccc12)NC(=O)[C@@H](NC(=O)[C@H](CCCCN)NC(=O)[C@@H](NC(=O)[C@H](CC(C)C)NC(=O)[C@H](CC(C)C)NC(=O)[C@H](CC(=O)O)NC(=O)[C@H](Cc1c[nH]c2ccccc12)NC(=O)[C@@H](NC(=O)[C@H](CO)NC(=O)CNC(=O)[C@@H]1CCCN1C(=O)[C@@H]1CCCN1C(=O)CN)C(C)C)[C@@H](C)O)[C@@H](C)CC)C(=O)N[C@@H](CCC(N)=O)C(=O)N[C@H](C(=O)NCC(=O)O)[C@@H](C)O. The second kappa shape index (κ2) is 56.1. The number of hydrogen-bond donors (Lipinski definition) is 25. The minimum atomic E-state index is -2.01. The summed E-state index contributed by atoms with van der Waals surface area (Å²) >= 11 is 0. The number of nitrogens with zero attached hydrogens (tertiary/aromatic N) is 2. The van der Waals surface area contributed by atoms with Crippen molar-refractivity contribution in [2.24, 2.45) is 46.8 Å². The van der Waals surface area contributed by atoms with Gasteiger partial charge < -0.3 is 142 Å². The third kappa shape index (κ3) is 34.7. The molecule has 2 aliphatic rings. The Balaban J connectivity index is 1.19. The first-order chi connectivity index (χ1) is 66.2. The van der Waals surface area contributed by atoms with E-state index >= 15 is 9.59 Å². The average Bonchev–Trinajstić information content (AvgIpc) is 1.65. The van der Waals surface area contributed by atoms with Crippen LogP contribution in [0, 0.1) is 29.6 Å². The van der Waals surface area contributed by atoms with Crippen LogP contribution >= 0.6 is 0 Å². The third-order valence-electron chi connectivity index (χ3n) is 24.5. The van der Waals surface area contributed by atoms with Crippen molar-refractivity contribution in [3.05, 3.63) is 72.1 Å². The van der Waals surface area contributed by atoms with Crippen LogP contribution in [-0.2, 0) is 109 Å². The summed E-state index contributed by atoms with van der Waals surface area (Å²) in [7, 11) is 0. The van der Waals surface area contributed by atoms with Gasteiger partial charge in [0.05, 0.1) is 38.3 Å². The number of aliphatic carboxylic acids is 2. The highest BCUT2D eigenvalue weighted by Crippen LogP contribution is 2.28. The summed E-state index contributed by atoms with van der Waals surface area (Å²) in [5, 5.41) is 90.5. The summed E-state index contributed by atoms with van der Waals surface area (Å²) in [5.41, 5.74) is 19.1. The standard InChI is InChI=1S/C93H142N22O25/c1-13-49(9)75(90(137)103-60(30-31-69(96)119)80(127)112-77(51(11)117)88(135)100-44-73(124)125)111-85(132)64(38-54-42-98-58-26-18-16-24-56(54)58)108-91(138)76(50(10)14-2)110-79(126)59(27-19-20-32-94)102-92(139)78(52(12)118)113-84(131)62(36-47(5)6)105-81(128)61(35-46(3)4)104-83(130)65(39-72(122)123)106-82(129)63(37-53-41-97-57-25-17-15-23-55(53)57)107-89(136)74(48(7)8)109-86(133)66(45-116)101-70(120)43-99-87(134)67-28-21-34-115(67)93(140)68-29-22-33-114(68)71(121)40-95/h15-18,23-26,41-42,46-52,59-68,74-78,97-98,116-118H,13-14,19-22,27-40,43-45,94-95H2,1-12H3,(H2,96,119)(H,99,134)(H,100,135)(H,101,120)(H,102,139)(H,103,137)(H,104,130)(H,105,128)(H,106,129)(H,107,136)(H,108,138)(H,109,133)(H,110,126)(H,111,132)(H,112,127)(H,113,131)(H,122,123)(H,124,125)/t49-,50-,51+,52+,59-,60-,61-,62-,63-,64-,65-,66-,67-,68-,74-,75-,76-,77-,78-/m0/s1. The smallest absolute Gasteiger partial charge is 0.322 e. The maximum atomic E-state index is 15.1. The highest BCUT2D eigenvalue weighted by molar-refractivity contribution is 6.03. The fourth-order valence-electron chi connectivity index (χ4n) is 16.4. The minimum Gasteiger partial charge on any atom is -0.481 e. The Labute approximate surface area is 810 Å². The molecule has 18 amide bonds. The number of likely N-dealkylation sites (tertiary alicyclic amines) is 2. The van der Waals surface area contributed by atoms with Gasteiger partial charge in [0.15, 0.2) is 0 Å². The lowest BCUT2D eigenvalue weighted by atomic mass is 9.95. The number of aromatic nitrogens is 2. The molecule has 6 rings (SSSR count). The van der Waals surface area contributed by atoms with Gasteiger partial charge in [0.1, 0.15) is 97.2 Å². The number of para-hydroxylation sites is 2. The van der Waals surface area contributed by atoms with Crippen molar-refractivity contribution in [1.29, 1.82) is 0 Å². The number of nitrogens with two attached hydrogens (primary N) is 3. The summed E-state index contributed by atoms with van der Waals surface area (Å²) in [6, 6.07) is -9.56. The summed E-state index contributed by atoms with van der Waals surface area (Å²) in [5.74, 6) is -23.3. The molecule has 774 valence electrons.